The molecule has 1 aliphatic heterocycles. The fraction of sp³-hybridized carbons (Fsp3) is 0.917. The predicted molar refractivity (Wildman–Crippen MR) is 75.7 cm³/mol. The van der Waals surface area contributed by atoms with Crippen molar-refractivity contribution in [3.8, 4) is 0 Å². The van der Waals surface area contributed by atoms with Crippen LogP contribution in [0.3, 0.4) is 0 Å². The SMILES string of the molecule is CN=CCC(N)CC(O)NCC[C@H]1CCCS1. The van der Waals surface area contributed by atoms with Gasteiger partial charge in [0, 0.05) is 24.8 Å². The fourth-order valence-electron chi connectivity index (χ4n) is 1.99. The molecule has 0 aliphatic carbocycles. The maximum Gasteiger partial charge on any atom is 0.106 e. The summed E-state index contributed by atoms with van der Waals surface area (Å²) in [7, 11) is 1.74. The van der Waals surface area contributed by atoms with Crippen molar-refractivity contribution in [1.82, 2.24) is 5.32 Å². The monoisotopic (exact) mass is 259 g/mol. The van der Waals surface area contributed by atoms with Gasteiger partial charge in [0.15, 0.2) is 0 Å². The number of nitrogens with one attached hydrogen (secondary N) is 1. The number of aliphatic imine (C=N–C) groups is 1. The lowest BCUT2D eigenvalue weighted by molar-refractivity contribution is 0.120. The molecule has 2 unspecified atom stereocenters. The Morgan fingerprint density at radius 2 is 2.47 bits per heavy atom. The Morgan fingerprint density at radius 3 is 3.12 bits per heavy atom. The third-order valence-electron chi connectivity index (χ3n) is 2.99. The maximum atomic E-state index is 9.75. The highest BCUT2D eigenvalue weighted by Gasteiger charge is 2.15. The van der Waals surface area contributed by atoms with Crippen molar-refractivity contribution in [3.05, 3.63) is 0 Å². The van der Waals surface area contributed by atoms with Crippen LogP contribution < -0.4 is 11.1 Å². The average Bonchev–Trinajstić information content (AvgIpc) is 2.79. The fourth-order valence-corrected chi connectivity index (χ4v) is 3.27. The first kappa shape index (κ1) is 15.0. The van der Waals surface area contributed by atoms with E-state index in [9.17, 15) is 5.11 Å². The van der Waals surface area contributed by atoms with Gasteiger partial charge in [0.2, 0.25) is 0 Å². The molecule has 17 heavy (non-hydrogen) atoms. The number of aliphatic hydroxyl groups is 1. The van der Waals surface area contributed by atoms with Gasteiger partial charge in [0.25, 0.3) is 0 Å². The van der Waals surface area contributed by atoms with Gasteiger partial charge < -0.3 is 15.8 Å². The number of aliphatic hydroxyl groups excluding tert-OH is 1. The second kappa shape index (κ2) is 8.91. The molecule has 100 valence electrons. The zero-order valence-corrected chi connectivity index (χ0v) is 11.5. The van der Waals surface area contributed by atoms with E-state index in [1.54, 1.807) is 13.3 Å². The summed E-state index contributed by atoms with van der Waals surface area (Å²) in [5.74, 6) is 1.30. The van der Waals surface area contributed by atoms with E-state index < -0.39 is 6.23 Å². The van der Waals surface area contributed by atoms with E-state index in [0.29, 0.717) is 6.42 Å². The third-order valence-corrected chi connectivity index (χ3v) is 4.45. The summed E-state index contributed by atoms with van der Waals surface area (Å²) in [4.78, 5) is 3.89. The third kappa shape index (κ3) is 7.03. The lowest BCUT2D eigenvalue weighted by Gasteiger charge is -2.17. The van der Waals surface area contributed by atoms with Gasteiger partial charge in [-0.25, -0.2) is 0 Å². The molecule has 1 heterocycles. The Morgan fingerprint density at radius 1 is 1.65 bits per heavy atom. The first-order valence-corrected chi connectivity index (χ1v) is 7.46. The van der Waals surface area contributed by atoms with E-state index in [2.05, 4.69) is 22.1 Å². The predicted octanol–water partition coefficient (Wildman–Crippen LogP) is 0.988. The van der Waals surface area contributed by atoms with Crippen molar-refractivity contribution >= 4 is 18.0 Å². The molecule has 5 heteroatoms. The molecule has 0 aromatic rings. The van der Waals surface area contributed by atoms with Crippen molar-refractivity contribution in [2.24, 2.45) is 10.7 Å². The molecule has 1 saturated heterocycles. The van der Waals surface area contributed by atoms with Gasteiger partial charge in [-0.1, -0.05) is 0 Å². The standard InChI is InChI=1S/C12H25N3OS/c1-14-6-4-10(13)9-12(16)15-7-5-11-3-2-8-17-11/h6,10-12,15-16H,2-5,7-9,13H2,1H3/t10?,11-,12?/m1/s1. The summed E-state index contributed by atoms with van der Waals surface area (Å²) in [5.41, 5.74) is 5.86. The van der Waals surface area contributed by atoms with E-state index in [1.165, 1.54) is 18.6 Å². The molecule has 3 atom stereocenters. The van der Waals surface area contributed by atoms with Crippen LogP contribution in [0.25, 0.3) is 0 Å². The zero-order chi connectivity index (χ0) is 12.5. The second-order valence-electron chi connectivity index (χ2n) is 4.57. The highest BCUT2D eigenvalue weighted by molar-refractivity contribution is 8.00. The minimum Gasteiger partial charge on any atom is -0.379 e. The zero-order valence-electron chi connectivity index (χ0n) is 10.6. The number of nitrogens with two attached hydrogens (primary N) is 1. The van der Waals surface area contributed by atoms with Crippen LogP contribution >= 0.6 is 11.8 Å². The van der Waals surface area contributed by atoms with Crippen LogP contribution in [0.5, 0.6) is 0 Å². The molecular weight excluding hydrogens is 234 g/mol. The molecular formula is C12H25N3OS. The van der Waals surface area contributed by atoms with Crippen molar-refractivity contribution in [3.63, 3.8) is 0 Å². The summed E-state index contributed by atoms with van der Waals surface area (Å²) in [6.07, 6.45) is 6.45. The summed E-state index contributed by atoms with van der Waals surface area (Å²) in [6, 6.07) is -0.0120. The topological polar surface area (TPSA) is 70.6 Å². The maximum absolute atomic E-state index is 9.75. The average molecular weight is 259 g/mol. The first-order valence-electron chi connectivity index (χ1n) is 6.41. The largest absolute Gasteiger partial charge is 0.379 e. The molecule has 0 radical (unpaired) electrons. The van der Waals surface area contributed by atoms with Crippen LogP contribution in [0, 0.1) is 0 Å². The molecule has 0 amide bonds. The minimum absolute atomic E-state index is 0.0120. The number of nitrogens with zero attached hydrogens (tertiary/aromatic N) is 1. The summed E-state index contributed by atoms with van der Waals surface area (Å²) >= 11 is 2.06. The number of hydrogen-bond acceptors (Lipinski definition) is 5. The normalized spacial score (nSPS) is 24.3. The van der Waals surface area contributed by atoms with E-state index in [0.717, 1.165) is 24.6 Å². The van der Waals surface area contributed by atoms with Gasteiger partial charge >= 0.3 is 0 Å². The number of hydrogen-bond donors (Lipinski definition) is 3. The molecule has 0 bridgehead atoms. The van der Waals surface area contributed by atoms with Crippen LogP contribution in [0.15, 0.2) is 4.99 Å². The first-order chi connectivity index (χ1) is 8.22. The van der Waals surface area contributed by atoms with Gasteiger partial charge in [-0.3, -0.25) is 5.32 Å². The summed E-state index contributed by atoms with van der Waals surface area (Å²) in [5, 5.41) is 13.7. The lowest BCUT2D eigenvalue weighted by atomic mass is 10.1. The van der Waals surface area contributed by atoms with E-state index in [4.69, 9.17) is 5.73 Å². The van der Waals surface area contributed by atoms with Crippen LogP contribution in [-0.2, 0) is 0 Å². The minimum atomic E-state index is -0.485. The van der Waals surface area contributed by atoms with Gasteiger partial charge in [-0.15, -0.1) is 0 Å². The van der Waals surface area contributed by atoms with Crippen LogP contribution in [0.4, 0.5) is 0 Å². The highest BCUT2D eigenvalue weighted by Crippen LogP contribution is 2.28. The Bertz CT molecular complexity index is 220. The summed E-state index contributed by atoms with van der Waals surface area (Å²) in [6.45, 7) is 0.882. The van der Waals surface area contributed by atoms with E-state index in [1.807, 2.05) is 0 Å². The quantitative estimate of drug-likeness (QED) is 0.449. The van der Waals surface area contributed by atoms with Crippen molar-refractivity contribution in [2.45, 2.75) is 49.6 Å². The van der Waals surface area contributed by atoms with Crippen LogP contribution in [0.1, 0.15) is 32.1 Å². The van der Waals surface area contributed by atoms with E-state index >= 15 is 0 Å². The molecule has 1 aliphatic rings. The Labute approximate surface area is 108 Å². The Balaban J connectivity index is 2.01. The summed E-state index contributed by atoms with van der Waals surface area (Å²) < 4.78 is 0. The van der Waals surface area contributed by atoms with Crippen LogP contribution in [-0.4, -0.2) is 48.2 Å². The highest BCUT2D eigenvalue weighted by atomic mass is 32.2. The molecule has 0 saturated carbocycles. The molecule has 0 spiro atoms. The number of rotatable bonds is 8. The molecule has 1 fully saturated rings. The lowest BCUT2D eigenvalue weighted by Crippen LogP contribution is -2.36. The van der Waals surface area contributed by atoms with E-state index in [-0.39, 0.29) is 6.04 Å². The molecule has 0 aromatic heterocycles. The van der Waals surface area contributed by atoms with Crippen molar-refractivity contribution in [1.29, 1.82) is 0 Å². The van der Waals surface area contributed by atoms with Crippen molar-refractivity contribution < 1.29 is 5.11 Å². The Hall–Kier alpha value is -0.100. The molecule has 4 N–H and O–H groups in total. The number of thioether (sulfide) groups is 1. The molecule has 4 nitrogen and oxygen atoms in total. The second-order valence-corrected chi connectivity index (χ2v) is 5.97. The van der Waals surface area contributed by atoms with Crippen molar-refractivity contribution in [2.75, 3.05) is 19.3 Å². The molecule has 0 aromatic carbocycles. The van der Waals surface area contributed by atoms with Gasteiger partial charge in [0.1, 0.15) is 6.23 Å². The van der Waals surface area contributed by atoms with Gasteiger partial charge in [-0.05, 0) is 44.2 Å². The Kier molecular flexibility index (Phi) is 7.84. The van der Waals surface area contributed by atoms with Crippen LogP contribution in [0.2, 0.25) is 0 Å². The van der Waals surface area contributed by atoms with Gasteiger partial charge in [-0.2, -0.15) is 11.8 Å². The smallest absolute Gasteiger partial charge is 0.106 e. The molecule has 1 rings (SSSR count). The van der Waals surface area contributed by atoms with Gasteiger partial charge in [0.05, 0.1) is 0 Å².